The maximum absolute atomic E-state index is 12.2. The third kappa shape index (κ3) is 17.9. The summed E-state index contributed by atoms with van der Waals surface area (Å²) in [6.45, 7) is 4.25. The van der Waals surface area contributed by atoms with Crippen LogP contribution in [0.3, 0.4) is 0 Å². The summed E-state index contributed by atoms with van der Waals surface area (Å²) in [5.41, 5.74) is 0. The van der Waals surface area contributed by atoms with Crippen LogP contribution in [0.25, 0.3) is 0 Å². The molecule has 0 radical (unpaired) electrons. The third-order valence-electron chi connectivity index (χ3n) is 5.30. The lowest BCUT2D eigenvalue weighted by atomic mass is 9.93. The number of unbranched alkanes of at least 4 members (excludes halogenated alkanes) is 4. The molecular formula is C25H42O8. The van der Waals surface area contributed by atoms with Crippen molar-refractivity contribution in [3.05, 3.63) is 0 Å². The molecule has 0 spiro atoms. The highest BCUT2D eigenvalue weighted by atomic mass is 16.5. The molecule has 0 heterocycles. The number of ether oxygens (including phenoxy) is 3. The minimum atomic E-state index is -0.467. The van der Waals surface area contributed by atoms with Gasteiger partial charge in [-0.25, -0.2) is 0 Å². The van der Waals surface area contributed by atoms with E-state index in [2.05, 4.69) is 0 Å². The van der Waals surface area contributed by atoms with Gasteiger partial charge < -0.3 is 14.2 Å². The summed E-state index contributed by atoms with van der Waals surface area (Å²) in [7, 11) is 1.32. The second kappa shape index (κ2) is 20.4. The number of carbonyl (C=O) groups excluding carboxylic acids is 5. The van der Waals surface area contributed by atoms with E-state index in [1.807, 2.05) is 0 Å². The summed E-state index contributed by atoms with van der Waals surface area (Å²) < 4.78 is 14.6. The fourth-order valence-electron chi connectivity index (χ4n) is 3.51. The molecule has 0 amide bonds. The van der Waals surface area contributed by atoms with Crippen LogP contribution in [0, 0.1) is 5.92 Å². The molecule has 0 aliphatic rings. The van der Waals surface area contributed by atoms with E-state index in [0.717, 1.165) is 19.3 Å². The molecule has 0 aliphatic carbocycles. The first-order chi connectivity index (χ1) is 15.8. The zero-order valence-corrected chi connectivity index (χ0v) is 20.7. The molecule has 0 N–H and O–H groups in total. The van der Waals surface area contributed by atoms with Crippen LogP contribution >= 0.6 is 0 Å². The van der Waals surface area contributed by atoms with Crippen molar-refractivity contribution in [3.8, 4) is 0 Å². The van der Waals surface area contributed by atoms with Gasteiger partial charge in [0, 0.05) is 38.5 Å². The fraction of sp³-hybridized carbons (Fsp3) is 0.800. The highest BCUT2D eigenvalue weighted by molar-refractivity contribution is 5.84. The predicted molar refractivity (Wildman–Crippen MR) is 123 cm³/mol. The summed E-state index contributed by atoms with van der Waals surface area (Å²) in [6, 6.07) is 0. The normalized spacial score (nSPS) is 11.5. The van der Waals surface area contributed by atoms with Crippen LogP contribution in [0.15, 0.2) is 0 Å². The zero-order valence-electron chi connectivity index (χ0n) is 20.7. The molecule has 0 rings (SSSR count). The smallest absolute Gasteiger partial charge is 0.309 e. The second-order valence-corrected chi connectivity index (χ2v) is 8.13. The van der Waals surface area contributed by atoms with Gasteiger partial charge in [-0.15, -0.1) is 0 Å². The average molecular weight is 471 g/mol. The lowest BCUT2D eigenvalue weighted by Gasteiger charge is -2.14. The number of hydrogen-bond acceptors (Lipinski definition) is 8. The third-order valence-corrected chi connectivity index (χ3v) is 5.30. The average Bonchev–Trinajstić information content (AvgIpc) is 2.78. The number of hydrogen-bond donors (Lipinski definition) is 0. The first kappa shape index (κ1) is 30.8. The number of Topliss-reactive ketones (excluding diaryl/α,β-unsaturated/α-hetero) is 2. The number of ketones is 2. The summed E-state index contributed by atoms with van der Waals surface area (Å²) in [5, 5.41) is 0. The van der Waals surface area contributed by atoms with E-state index < -0.39 is 5.92 Å². The van der Waals surface area contributed by atoms with Crippen molar-refractivity contribution < 1.29 is 38.2 Å². The molecule has 0 fully saturated rings. The van der Waals surface area contributed by atoms with Gasteiger partial charge in [-0.3, -0.25) is 24.0 Å². The molecule has 1 unspecified atom stereocenters. The van der Waals surface area contributed by atoms with Gasteiger partial charge in [-0.05, 0) is 52.4 Å². The van der Waals surface area contributed by atoms with E-state index in [-0.39, 0.29) is 35.9 Å². The lowest BCUT2D eigenvalue weighted by Crippen LogP contribution is -2.20. The molecule has 0 bridgehead atoms. The molecule has 33 heavy (non-hydrogen) atoms. The van der Waals surface area contributed by atoms with E-state index in [9.17, 15) is 24.0 Å². The van der Waals surface area contributed by atoms with Crippen LogP contribution < -0.4 is 0 Å². The van der Waals surface area contributed by atoms with E-state index in [1.54, 1.807) is 13.8 Å². The minimum absolute atomic E-state index is 0.00717. The first-order valence-electron chi connectivity index (χ1n) is 12.3. The lowest BCUT2D eigenvalue weighted by molar-refractivity contribution is -0.147. The summed E-state index contributed by atoms with van der Waals surface area (Å²) in [4.78, 5) is 58.8. The Hall–Kier alpha value is -2.25. The SMILES string of the molecule is CCOC(=O)CCCCC(=O)CCCCCC(CC(=O)CCCCC(=O)OCC)C(=O)OC. The Kier molecular flexibility index (Phi) is 19.0. The molecule has 8 nitrogen and oxygen atoms in total. The van der Waals surface area contributed by atoms with Crippen molar-refractivity contribution in [2.24, 2.45) is 5.92 Å². The van der Waals surface area contributed by atoms with Crippen LogP contribution in [0.5, 0.6) is 0 Å². The van der Waals surface area contributed by atoms with Gasteiger partial charge in [-0.1, -0.05) is 12.8 Å². The number of carbonyl (C=O) groups is 5. The van der Waals surface area contributed by atoms with Crippen LogP contribution in [0.1, 0.15) is 104 Å². The van der Waals surface area contributed by atoms with Crippen molar-refractivity contribution >= 4 is 29.5 Å². The zero-order chi connectivity index (χ0) is 24.9. The molecule has 0 saturated carbocycles. The van der Waals surface area contributed by atoms with Crippen molar-refractivity contribution in [1.29, 1.82) is 0 Å². The van der Waals surface area contributed by atoms with Gasteiger partial charge in [0.2, 0.25) is 0 Å². The van der Waals surface area contributed by atoms with Gasteiger partial charge in [0.05, 0.1) is 26.2 Å². The molecule has 0 aromatic carbocycles. The Morgan fingerprint density at radius 2 is 1.06 bits per heavy atom. The van der Waals surface area contributed by atoms with Crippen LogP contribution in [0.4, 0.5) is 0 Å². The Labute approximate surface area is 198 Å². The highest BCUT2D eigenvalue weighted by Crippen LogP contribution is 2.19. The molecule has 0 aromatic rings. The Morgan fingerprint density at radius 3 is 1.55 bits per heavy atom. The number of methoxy groups -OCH3 is 1. The Bertz CT molecular complexity index is 599. The molecule has 0 aromatic heterocycles. The molecule has 1 atom stereocenters. The van der Waals surface area contributed by atoms with Crippen molar-refractivity contribution in [2.75, 3.05) is 20.3 Å². The highest BCUT2D eigenvalue weighted by Gasteiger charge is 2.22. The maximum Gasteiger partial charge on any atom is 0.309 e. The van der Waals surface area contributed by atoms with Gasteiger partial charge in [-0.2, -0.15) is 0 Å². The topological polar surface area (TPSA) is 113 Å². The van der Waals surface area contributed by atoms with Gasteiger partial charge in [0.15, 0.2) is 0 Å². The van der Waals surface area contributed by atoms with Gasteiger partial charge in [0.1, 0.15) is 11.6 Å². The Morgan fingerprint density at radius 1 is 0.606 bits per heavy atom. The molecule has 8 heteroatoms. The maximum atomic E-state index is 12.2. The number of rotatable bonds is 21. The molecule has 0 aliphatic heterocycles. The summed E-state index contributed by atoms with van der Waals surface area (Å²) >= 11 is 0. The van der Waals surface area contributed by atoms with Crippen molar-refractivity contribution in [2.45, 2.75) is 104 Å². The minimum Gasteiger partial charge on any atom is -0.469 e. The van der Waals surface area contributed by atoms with Crippen molar-refractivity contribution in [3.63, 3.8) is 0 Å². The Balaban J connectivity index is 4.01. The largest absolute Gasteiger partial charge is 0.469 e. The molecule has 190 valence electrons. The van der Waals surface area contributed by atoms with Gasteiger partial charge in [0.25, 0.3) is 0 Å². The molecular weight excluding hydrogens is 428 g/mol. The van der Waals surface area contributed by atoms with E-state index >= 15 is 0 Å². The molecule has 0 saturated heterocycles. The predicted octanol–water partition coefficient (Wildman–Crippen LogP) is 4.50. The van der Waals surface area contributed by atoms with Crippen LogP contribution in [0.2, 0.25) is 0 Å². The van der Waals surface area contributed by atoms with Gasteiger partial charge >= 0.3 is 17.9 Å². The monoisotopic (exact) mass is 470 g/mol. The standard InChI is InChI=1S/C25H42O8/c1-4-32-23(28)17-11-9-15-21(26)14-8-6-7-13-20(25(30)31-3)19-22(27)16-10-12-18-24(29)33-5-2/h20H,4-19H2,1-3H3. The second-order valence-electron chi connectivity index (χ2n) is 8.13. The summed E-state index contributed by atoms with van der Waals surface area (Å²) in [6.07, 6.45) is 7.43. The summed E-state index contributed by atoms with van der Waals surface area (Å²) in [5.74, 6) is -1.15. The van der Waals surface area contributed by atoms with E-state index in [4.69, 9.17) is 14.2 Å². The quantitative estimate of drug-likeness (QED) is 0.137. The number of esters is 3. The first-order valence-corrected chi connectivity index (χ1v) is 12.3. The van der Waals surface area contributed by atoms with Crippen LogP contribution in [-0.4, -0.2) is 49.8 Å². The van der Waals surface area contributed by atoms with Crippen molar-refractivity contribution in [1.82, 2.24) is 0 Å². The van der Waals surface area contributed by atoms with E-state index in [0.29, 0.717) is 77.4 Å². The van der Waals surface area contributed by atoms with Crippen LogP contribution in [-0.2, 0) is 38.2 Å². The fourth-order valence-corrected chi connectivity index (χ4v) is 3.51. The van der Waals surface area contributed by atoms with E-state index in [1.165, 1.54) is 7.11 Å².